The number of ether oxygens (including phenoxy) is 1. The average Bonchev–Trinajstić information content (AvgIpc) is 3.31. The molecule has 0 aliphatic carbocycles. The molecule has 2 amide bonds. The van der Waals surface area contributed by atoms with Gasteiger partial charge in [0.1, 0.15) is 11.6 Å². The number of esters is 1. The Hall–Kier alpha value is -4.50. The first-order valence-electron chi connectivity index (χ1n) is 9.89. The summed E-state index contributed by atoms with van der Waals surface area (Å²) in [5, 5.41) is 5.25. The number of carbonyl (C=O) groups excluding carboxylic acids is 3. The Morgan fingerprint density at radius 3 is 2.18 bits per heavy atom. The van der Waals surface area contributed by atoms with Crippen LogP contribution in [0.1, 0.15) is 31.3 Å². The van der Waals surface area contributed by atoms with Crippen LogP contribution in [-0.2, 0) is 0 Å². The van der Waals surface area contributed by atoms with Crippen LogP contribution >= 0.6 is 11.6 Å². The molecule has 8 nitrogen and oxygen atoms in total. The maximum atomic E-state index is 13.2. The van der Waals surface area contributed by atoms with E-state index >= 15 is 0 Å². The highest BCUT2D eigenvalue weighted by molar-refractivity contribution is 6.34. The number of halogens is 2. The van der Waals surface area contributed by atoms with Crippen LogP contribution in [0.25, 0.3) is 0 Å². The van der Waals surface area contributed by atoms with E-state index < -0.39 is 23.6 Å². The summed E-state index contributed by atoms with van der Waals surface area (Å²) in [7, 11) is 0. The second kappa shape index (κ2) is 9.97. The Bertz CT molecular complexity index is 1360. The molecule has 0 saturated heterocycles. The van der Waals surface area contributed by atoms with Crippen molar-refractivity contribution >= 4 is 40.8 Å². The molecule has 0 radical (unpaired) electrons. The fourth-order valence-electron chi connectivity index (χ4n) is 2.97. The molecule has 3 aromatic carbocycles. The molecule has 0 bridgehead atoms. The Morgan fingerprint density at radius 2 is 1.53 bits per heavy atom. The molecule has 170 valence electrons. The molecule has 0 unspecified atom stereocenters. The van der Waals surface area contributed by atoms with E-state index in [1.165, 1.54) is 12.4 Å². The van der Waals surface area contributed by atoms with Gasteiger partial charge in [0.25, 0.3) is 11.8 Å². The number of nitrogens with one attached hydrogen (secondary N) is 3. The Labute approximate surface area is 197 Å². The van der Waals surface area contributed by atoms with Gasteiger partial charge < -0.3 is 20.4 Å². The van der Waals surface area contributed by atoms with Gasteiger partial charge in [-0.25, -0.2) is 14.2 Å². The van der Waals surface area contributed by atoms with Crippen molar-refractivity contribution in [3.05, 3.63) is 107 Å². The molecule has 0 atom stereocenters. The van der Waals surface area contributed by atoms with E-state index in [1.807, 2.05) is 0 Å². The molecule has 0 fully saturated rings. The minimum absolute atomic E-state index is 0.0121. The number of aromatic nitrogens is 2. The summed E-state index contributed by atoms with van der Waals surface area (Å²) >= 11 is 5.91. The molecular weight excluding hydrogens is 463 g/mol. The third-order valence-corrected chi connectivity index (χ3v) is 4.90. The summed E-state index contributed by atoms with van der Waals surface area (Å²) in [6, 6.07) is 18.1. The van der Waals surface area contributed by atoms with E-state index in [0.717, 1.165) is 12.1 Å². The van der Waals surface area contributed by atoms with E-state index in [0.29, 0.717) is 17.1 Å². The Balaban J connectivity index is 1.40. The van der Waals surface area contributed by atoms with Crippen molar-refractivity contribution in [2.24, 2.45) is 0 Å². The maximum absolute atomic E-state index is 13.2. The summed E-state index contributed by atoms with van der Waals surface area (Å²) in [6.07, 6.45) is 1.22. The summed E-state index contributed by atoms with van der Waals surface area (Å²) in [4.78, 5) is 44.0. The van der Waals surface area contributed by atoms with Crippen molar-refractivity contribution in [2.45, 2.75) is 0 Å². The van der Waals surface area contributed by atoms with Gasteiger partial charge in [0.05, 0.1) is 16.9 Å². The molecule has 0 aliphatic rings. The van der Waals surface area contributed by atoms with Crippen LogP contribution in [0, 0.1) is 5.82 Å². The highest BCUT2D eigenvalue weighted by Crippen LogP contribution is 2.21. The van der Waals surface area contributed by atoms with Crippen molar-refractivity contribution in [1.82, 2.24) is 9.97 Å². The molecule has 0 spiro atoms. The number of aromatic amines is 1. The van der Waals surface area contributed by atoms with Crippen molar-refractivity contribution in [1.29, 1.82) is 0 Å². The highest BCUT2D eigenvalue weighted by Gasteiger charge is 2.22. The van der Waals surface area contributed by atoms with Gasteiger partial charge >= 0.3 is 5.97 Å². The lowest BCUT2D eigenvalue weighted by Gasteiger charge is -2.09. The topological polar surface area (TPSA) is 113 Å². The molecule has 34 heavy (non-hydrogen) atoms. The molecule has 0 aliphatic heterocycles. The zero-order chi connectivity index (χ0) is 24.1. The molecule has 10 heteroatoms. The fourth-order valence-corrected chi connectivity index (χ4v) is 3.22. The smallest absolute Gasteiger partial charge is 0.362 e. The zero-order valence-corrected chi connectivity index (χ0v) is 18.1. The van der Waals surface area contributed by atoms with Gasteiger partial charge in [0.2, 0.25) is 0 Å². The summed E-state index contributed by atoms with van der Waals surface area (Å²) in [5.41, 5.74) is 0.711. The van der Waals surface area contributed by atoms with E-state index in [4.69, 9.17) is 16.3 Å². The predicted molar refractivity (Wildman–Crippen MR) is 124 cm³/mol. The number of benzene rings is 3. The third-order valence-electron chi connectivity index (χ3n) is 4.59. The molecule has 1 heterocycles. The minimum atomic E-state index is -0.758. The van der Waals surface area contributed by atoms with Gasteiger partial charge in [0, 0.05) is 11.4 Å². The third kappa shape index (κ3) is 5.28. The van der Waals surface area contributed by atoms with Crippen LogP contribution in [-0.4, -0.2) is 27.8 Å². The van der Waals surface area contributed by atoms with Crippen LogP contribution in [0.3, 0.4) is 0 Å². The molecule has 4 aromatic rings. The van der Waals surface area contributed by atoms with Crippen LogP contribution < -0.4 is 15.4 Å². The Morgan fingerprint density at radius 1 is 0.882 bits per heavy atom. The van der Waals surface area contributed by atoms with Crippen molar-refractivity contribution in [3.8, 4) is 5.75 Å². The van der Waals surface area contributed by atoms with Gasteiger partial charge in [-0.2, -0.15) is 0 Å². The number of rotatable bonds is 6. The van der Waals surface area contributed by atoms with Crippen molar-refractivity contribution < 1.29 is 23.5 Å². The average molecular weight is 479 g/mol. The van der Waals surface area contributed by atoms with E-state index in [9.17, 15) is 18.8 Å². The molecule has 3 N–H and O–H groups in total. The summed E-state index contributed by atoms with van der Waals surface area (Å²) in [5.74, 6) is -2.12. The fraction of sp³-hybridized carbons (Fsp3) is 0. The molecule has 0 saturated carbocycles. The number of carbonyl (C=O) groups is 3. The van der Waals surface area contributed by atoms with Crippen LogP contribution in [0.4, 0.5) is 15.8 Å². The predicted octanol–water partition coefficient (Wildman–Crippen LogP) is 4.93. The normalized spacial score (nSPS) is 10.4. The van der Waals surface area contributed by atoms with Gasteiger partial charge in [-0.15, -0.1) is 0 Å². The number of para-hydroxylation sites is 1. The number of hydrogen-bond acceptors (Lipinski definition) is 5. The zero-order valence-electron chi connectivity index (χ0n) is 17.3. The summed E-state index contributed by atoms with van der Waals surface area (Å²) in [6.45, 7) is 0. The van der Waals surface area contributed by atoms with Crippen molar-refractivity contribution in [2.75, 3.05) is 10.6 Å². The minimum Gasteiger partial charge on any atom is -0.422 e. The first kappa shape index (κ1) is 22.7. The molecule has 1 aromatic heterocycles. The number of anilines is 2. The lowest BCUT2D eigenvalue weighted by atomic mass is 10.2. The molecule has 4 rings (SSSR count). The molecular formula is C24H16ClFN4O4. The van der Waals surface area contributed by atoms with E-state index in [2.05, 4.69) is 20.6 Å². The summed E-state index contributed by atoms with van der Waals surface area (Å²) < 4.78 is 18.4. The first-order chi connectivity index (χ1) is 16.4. The van der Waals surface area contributed by atoms with Crippen LogP contribution in [0.2, 0.25) is 5.02 Å². The van der Waals surface area contributed by atoms with Crippen molar-refractivity contribution in [3.63, 3.8) is 0 Å². The monoisotopic (exact) mass is 478 g/mol. The number of amides is 2. The standard InChI is InChI=1S/C24H16ClFN4O4/c25-19-12-14(26)6-11-18(19)22(31)29-15-7-9-16(10-8-15)30-23(32)20-21(28-13-27-20)24(33)34-17-4-2-1-3-5-17/h1-13H,(H,27,28)(H,29,31)(H,30,32). The van der Waals surface area contributed by atoms with Gasteiger partial charge in [-0.05, 0) is 54.6 Å². The maximum Gasteiger partial charge on any atom is 0.362 e. The number of H-pyrrole nitrogens is 1. The quantitative estimate of drug-likeness (QED) is 0.269. The van der Waals surface area contributed by atoms with E-state index in [1.54, 1.807) is 54.6 Å². The van der Waals surface area contributed by atoms with Gasteiger partial charge in [-0.3, -0.25) is 9.59 Å². The highest BCUT2D eigenvalue weighted by atomic mass is 35.5. The second-order valence-electron chi connectivity index (χ2n) is 6.94. The first-order valence-corrected chi connectivity index (χ1v) is 10.3. The van der Waals surface area contributed by atoms with Crippen LogP contribution in [0.15, 0.2) is 79.1 Å². The lowest BCUT2D eigenvalue weighted by Crippen LogP contribution is -2.19. The number of imidazole rings is 1. The number of nitrogens with zero attached hydrogens (tertiary/aromatic N) is 1. The van der Waals surface area contributed by atoms with Crippen LogP contribution in [0.5, 0.6) is 5.75 Å². The largest absolute Gasteiger partial charge is 0.422 e. The van der Waals surface area contributed by atoms with E-state index in [-0.39, 0.29) is 22.0 Å². The number of hydrogen-bond donors (Lipinski definition) is 3. The van der Waals surface area contributed by atoms with Gasteiger partial charge in [-0.1, -0.05) is 29.8 Å². The lowest BCUT2D eigenvalue weighted by molar-refractivity contribution is 0.0724. The SMILES string of the molecule is O=C(Nc1ccc(NC(=O)c2nc[nH]c2C(=O)Oc2ccccc2)cc1)c1ccc(F)cc1Cl. The van der Waals surface area contributed by atoms with Gasteiger partial charge in [0.15, 0.2) is 11.4 Å². The Kier molecular flexibility index (Phi) is 6.65. The second-order valence-corrected chi connectivity index (χ2v) is 7.35.